The average molecular weight is 253 g/mol. The number of sulfonamides is 1. The van der Waals surface area contributed by atoms with Crippen molar-refractivity contribution in [2.75, 3.05) is 0 Å². The van der Waals surface area contributed by atoms with E-state index in [0.717, 1.165) is 5.56 Å². The largest absolute Gasteiger partial charge is 0.508 e. The normalized spacial score (nSPS) is 11.5. The highest BCUT2D eigenvalue weighted by Crippen LogP contribution is 2.15. The first-order valence-electron chi connectivity index (χ1n) is 4.88. The summed E-state index contributed by atoms with van der Waals surface area (Å²) in [5, 5.41) is 9.22. The molecule has 0 saturated carbocycles. The highest BCUT2D eigenvalue weighted by molar-refractivity contribution is 7.89. The Morgan fingerprint density at radius 3 is 2.76 bits per heavy atom. The molecule has 2 aromatic rings. The van der Waals surface area contributed by atoms with E-state index in [-0.39, 0.29) is 17.2 Å². The molecule has 1 aromatic heterocycles. The quantitative estimate of drug-likeness (QED) is 0.864. The van der Waals surface area contributed by atoms with Crippen LogP contribution in [-0.4, -0.2) is 13.5 Å². The Morgan fingerprint density at radius 1 is 1.29 bits per heavy atom. The van der Waals surface area contributed by atoms with Crippen molar-refractivity contribution in [3.8, 4) is 5.75 Å². The second-order valence-electron chi connectivity index (χ2n) is 3.45. The van der Waals surface area contributed by atoms with Gasteiger partial charge >= 0.3 is 0 Å². The topological polar surface area (TPSA) is 79.5 Å². The van der Waals surface area contributed by atoms with Crippen LogP contribution in [0.25, 0.3) is 0 Å². The molecule has 5 nitrogen and oxygen atoms in total. The van der Waals surface area contributed by atoms with Crippen LogP contribution in [-0.2, 0) is 16.6 Å². The van der Waals surface area contributed by atoms with E-state index in [0.29, 0.717) is 0 Å². The van der Waals surface area contributed by atoms with Crippen LogP contribution in [0.1, 0.15) is 5.56 Å². The third kappa shape index (κ3) is 2.86. The van der Waals surface area contributed by atoms with Gasteiger partial charge in [-0.3, -0.25) is 0 Å². The summed E-state index contributed by atoms with van der Waals surface area (Å²) >= 11 is 0. The minimum atomic E-state index is -3.61. The smallest absolute Gasteiger partial charge is 0.241 e. The fraction of sp³-hybridized carbons (Fsp3) is 0.0909. The minimum Gasteiger partial charge on any atom is -0.508 e. The summed E-state index contributed by atoms with van der Waals surface area (Å²) in [5.41, 5.74) is 0.730. The van der Waals surface area contributed by atoms with Crippen molar-refractivity contribution in [3.05, 3.63) is 48.4 Å². The molecule has 0 aliphatic rings. The number of rotatable bonds is 4. The fourth-order valence-electron chi connectivity index (χ4n) is 1.31. The molecule has 2 rings (SSSR count). The van der Waals surface area contributed by atoms with Gasteiger partial charge in [-0.1, -0.05) is 6.07 Å². The van der Waals surface area contributed by atoms with E-state index in [2.05, 4.69) is 4.72 Å². The predicted molar refractivity (Wildman–Crippen MR) is 60.8 cm³/mol. The monoisotopic (exact) mass is 253 g/mol. The van der Waals surface area contributed by atoms with E-state index in [1.54, 1.807) is 6.07 Å². The maximum absolute atomic E-state index is 11.8. The number of nitrogens with one attached hydrogen (secondary N) is 1. The maximum Gasteiger partial charge on any atom is 0.241 e. The first-order valence-corrected chi connectivity index (χ1v) is 6.36. The summed E-state index contributed by atoms with van der Waals surface area (Å²) in [4.78, 5) is 0.0287. The predicted octanol–water partition coefficient (Wildman–Crippen LogP) is 1.46. The molecule has 0 spiro atoms. The Hall–Kier alpha value is -1.79. The molecule has 1 aromatic carbocycles. The first kappa shape index (κ1) is 11.7. The van der Waals surface area contributed by atoms with Gasteiger partial charge < -0.3 is 9.52 Å². The SMILES string of the molecule is O=S(=O)(NCc1ccoc1)c1cccc(O)c1. The van der Waals surface area contributed by atoms with Crippen molar-refractivity contribution in [1.29, 1.82) is 0 Å². The van der Waals surface area contributed by atoms with Crippen LogP contribution in [0.4, 0.5) is 0 Å². The molecule has 0 amide bonds. The minimum absolute atomic E-state index is 0.0287. The molecule has 6 heteroatoms. The maximum atomic E-state index is 11.8. The van der Waals surface area contributed by atoms with E-state index in [9.17, 15) is 13.5 Å². The van der Waals surface area contributed by atoms with Crippen molar-refractivity contribution in [2.45, 2.75) is 11.4 Å². The Labute approximate surface area is 98.8 Å². The highest BCUT2D eigenvalue weighted by atomic mass is 32.2. The third-order valence-corrected chi connectivity index (χ3v) is 3.57. The number of benzene rings is 1. The summed E-state index contributed by atoms with van der Waals surface area (Å²) in [6, 6.07) is 7.16. The second kappa shape index (κ2) is 4.60. The van der Waals surface area contributed by atoms with Gasteiger partial charge in [0.1, 0.15) is 5.75 Å². The van der Waals surface area contributed by atoms with E-state index in [1.807, 2.05) is 0 Å². The zero-order valence-corrected chi connectivity index (χ0v) is 9.65. The molecule has 0 saturated heterocycles. The van der Waals surface area contributed by atoms with E-state index >= 15 is 0 Å². The van der Waals surface area contributed by atoms with Gasteiger partial charge in [-0.25, -0.2) is 13.1 Å². The van der Waals surface area contributed by atoms with Gasteiger partial charge in [-0.2, -0.15) is 0 Å². The van der Waals surface area contributed by atoms with Gasteiger partial charge in [0.05, 0.1) is 17.4 Å². The Balaban J connectivity index is 2.14. The number of aromatic hydroxyl groups is 1. The van der Waals surface area contributed by atoms with E-state index in [1.165, 1.54) is 36.8 Å². The molecule has 0 radical (unpaired) electrons. The number of phenolic OH excluding ortho intramolecular Hbond substituents is 1. The molecule has 90 valence electrons. The Bertz CT molecular complexity index is 590. The molecular weight excluding hydrogens is 242 g/mol. The second-order valence-corrected chi connectivity index (χ2v) is 5.22. The lowest BCUT2D eigenvalue weighted by atomic mass is 10.3. The highest BCUT2D eigenvalue weighted by Gasteiger charge is 2.14. The van der Waals surface area contributed by atoms with Gasteiger partial charge in [-0.15, -0.1) is 0 Å². The molecular formula is C11H11NO4S. The molecule has 1 heterocycles. The molecule has 0 atom stereocenters. The zero-order chi connectivity index (χ0) is 12.3. The van der Waals surface area contributed by atoms with Crippen LogP contribution in [0.3, 0.4) is 0 Å². The lowest BCUT2D eigenvalue weighted by molar-refractivity contribution is 0.473. The van der Waals surface area contributed by atoms with Gasteiger partial charge in [0.2, 0.25) is 10.0 Å². The van der Waals surface area contributed by atoms with Crippen LogP contribution in [0, 0.1) is 0 Å². The average Bonchev–Trinajstić information content (AvgIpc) is 2.79. The standard InChI is InChI=1S/C11H11NO4S/c13-10-2-1-3-11(6-10)17(14,15)12-7-9-4-5-16-8-9/h1-6,8,12-13H,7H2. The molecule has 0 fully saturated rings. The number of hydrogen-bond donors (Lipinski definition) is 2. The van der Waals surface area contributed by atoms with Crippen molar-refractivity contribution >= 4 is 10.0 Å². The summed E-state index contributed by atoms with van der Waals surface area (Å²) in [6.07, 6.45) is 2.93. The van der Waals surface area contributed by atoms with Crippen LogP contribution in [0.15, 0.2) is 52.2 Å². The summed E-state index contributed by atoms with van der Waals surface area (Å²) in [5.74, 6) is -0.0869. The molecule has 0 aliphatic carbocycles. The fourth-order valence-corrected chi connectivity index (χ4v) is 2.36. The van der Waals surface area contributed by atoms with E-state index < -0.39 is 10.0 Å². The third-order valence-electron chi connectivity index (χ3n) is 2.17. The van der Waals surface area contributed by atoms with Crippen molar-refractivity contribution < 1.29 is 17.9 Å². The zero-order valence-electron chi connectivity index (χ0n) is 8.83. The molecule has 2 N–H and O–H groups in total. The number of hydrogen-bond acceptors (Lipinski definition) is 4. The molecule has 0 unspecified atom stereocenters. The van der Waals surface area contributed by atoms with Gasteiger partial charge in [0.15, 0.2) is 0 Å². The number of phenols is 1. The summed E-state index contributed by atoms with van der Waals surface area (Å²) in [6.45, 7) is 0.147. The van der Waals surface area contributed by atoms with Crippen LogP contribution in [0.2, 0.25) is 0 Å². The summed E-state index contributed by atoms with van der Waals surface area (Å²) in [7, 11) is -3.61. The van der Waals surface area contributed by atoms with Crippen molar-refractivity contribution in [3.63, 3.8) is 0 Å². The van der Waals surface area contributed by atoms with Crippen molar-refractivity contribution in [1.82, 2.24) is 4.72 Å². The number of furan rings is 1. The summed E-state index contributed by atoms with van der Waals surface area (Å²) < 4.78 is 30.9. The van der Waals surface area contributed by atoms with Gasteiger partial charge in [-0.05, 0) is 24.3 Å². The van der Waals surface area contributed by atoms with Gasteiger partial charge in [0, 0.05) is 12.1 Å². The van der Waals surface area contributed by atoms with Crippen molar-refractivity contribution in [2.24, 2.45) is 0 Å². The molecule has 17 heavy (non-hydrogen) atoms. The van der Waals surface area contributed by atoms with E-state index in [4.69, 9.17) is 4.42 Å². The Kier molecular flexibility index (Phi) is 3.16. The van der Waals surface area contributed by atoms with Crippen LogP contribution >= 0.6 is 0 Å². The molecule has 0 bridgehead atoms. The first-order chi connectivity index (χ1) is 8.08. The Morgan fingerprint density at radius 2 is 2.12 bits per heavy atom. The van der Waals surface area contributed by atoms with Gasteiger partial charge in [0.25, 0.3) is 0 Å². The lowest BCUT2D eigenvalue weighted by Crippen LogP contribution is -2.22. The lowest BCUT2D eigenvalue weighted by Gasteiger charge is -2.05. The van der Waals surface area contributed by atoms with Crippen LogP contribution in [0.5, 0.6) is 5.75 Å². The molecule has 0 aliphatic heterocycles. The van der Waals surface area contributed by atoms with Crippen LogP contribution < -0.4 is 4.72 Å².